The number of hydrogen-bond donors (Lipinski definition) is 9. The van der Waals surface area contributed by atoms with Crippen molar-refractivity contribution >= 4 is 54.2 Å². The van der Waals surface area contributed by atoms with Gasteiger partial charge in [0.05, 0.1) is 18.9 Å². The molecule has 0 bridgehead atoms. The number of carbonyl (C=O) groups is 7. The van der Waals surface area contributed by atoms with Crippen molar-refractivity contribution in [3.63, 3.8) is 0 Å². The molecule has 0 rings (SSSR count). The summed E-state index contributed by atoms with van der Waals surface area (Å²) < 4.78 is 0. The van der Waals surface area contributed by atoms with E-state index in [2.05, 4.69) is 17.9 Å². The van der Waals surface area contributed by atoms with E-state index in [0.717, 1.165) is 0 Å². The molecule has 180 valence electrons. The van der Waals surface area contributed by atoms with E-state index in [0.29, 0.717) is 0 Å². The number of carboxylic acids is 4. The number of amides is 3. The van der Waals surface area contributed by atoms with Crippen molar-refractivity contribution in [2.24, 2.45) is 5.73 Å². The van der Waals surface area contributed by atoms with Crippen LogP contribution in [0.3, 0.4) is 0 Å². The molecule has 0 saturated carbocycles. The van der Waals surface area contributed by atoms with E-state index in [4.69, 9.17) is 26.2 Å². The van der Waals surface area contributed by atoms with Gasteiger partial charge in [-0.15, -0.1) is 0 Å². The maximum absolute atomic E-state index is 12.5. The summed E-state index contributed by atoms with van der Waals surface area (Å²) in [4.78, 5) is 80.6. The minimum Gasteiger partial charge on any atom is -0.481 e. The van der Waals surface area contributed by atoms with Crippen LogP contribution >= 0.6 is 12.6 Å². The summed E-state index contributed by atoms with van der Waals surface area (Å²) in [7, 11) is 0. The zero-order valence-corrected chi connectivity index (χ0v) is 17.4. The van der Waals surface area contributed by atoms with Crippen molar-refractivity contribution in [2.75, 3.05) is 5.75 Å². The third-order valence-corrected chi connectivity index (χ3v) is 4.21. The Bertz CT molecular complexity index is 760. The minimum atomic E-state index is -1.88. The van der Waals surface area contributed by atoms with Crippen LogP contribution in [0.4, 0.5) is 0 Å². The molecule has 0 aliphatic carbocycles. The molecular formula is C16H24N4O11S. The van der Waals surface area contributed by atoms with Gasteiger partial charge in [0.15, 0.2) is 0 Å². The fourth-order valence-corrected chi connectivity index (χ4v) is 2.37. The second-order valence-electron chi connectivity index (χ2n) is 6.44. The largest absolute Gasteiger partial charge is 0.481 e. The summed E-state index contributed by atoms with van der Waals surface area (Å²) in [6.07, 6.45) is -3.12. The quantitative estimate of drug-likeness (QED) is 0.104. The van der Waals surface area contributed by atoms with Gasteiger partial charge < -0.3 is 42.1 Å². The van der Waals surface area contributed by atoms with Gasteiger partial charge in [-0.25, -0.2) is 4.79 Å². The van der Waals surface area contributed by atoms with Gasteiger partial charge in [-0.05, 0) is 6.42 Å². The molecule has 0 aliphatic heterocycles. The second-order valence-corrected chi connectivity index (χ2v) is 6.80. The molecule has 16 heteroatoms. The molecule has 4 unspecified atom stereocenters. The van der Waals surface area contributed by atoms with Crippen LogP contribution in [-0.2, 0) is 33.6 Å². The van der Waals surface area contributed by atoms with E-state index in [-0.39, 0.29) is 5.75 Å². The van der Waals surface area contributed by atoms with Gasteiger partial charge in [0.25, 0.3) is 0 Å². The first-order valence-corrected chi connectivity index (χ1v) is 9.57. The monoisotopic (exact) mass is 480 g/mol. The van der Waals surface area contributed by atoms with Crippen LogP contribution in [0.25, 0.3) is 0 Å². The molecule has 0 aromatic heterocycles. The van der Waals surface area contributed by atoms with Gasteiger partial charge >= 0.3 is 23.9 Å². The van der Waals surface area contributed by atoms with Crippen molar-refractivity contribution in [2.45, 2.75) is 49.9 Å². The molecule has 0 spiro atoms. The molecule has 0 aromatic carbocycles. The van der Waals surface area contributed by atoms with Crippen LogP contribution in [0.1, 0.15) is 25.7 Å². The molecule has 32 heavy (non-hydrogen) atoms. The molecule has 9 N–H and O–H groups in total. The number of carboxylic acid groups (broad SMARTS) is 4. The first-order chi connectivity index (χ1) is 14.8. The summed E-state index contributed by atoms with van der Waals surface area (Å²) in [6, 6.07) is -6.45. The number of aliphatic carboxylic acids is 4. The maximum Gasteiger partial charge on any atom is 0.326 e. The summed E-state index contributed by atoms with van der Waals surface area (Å²) in [6.45, 7) is 0. The average Bonchev–Trinajstić information content (AvgIpc) is 2.67. The third-order valence-electron chi connectivity index (χ3n) is 3.82. The zero-order valence-electron chi connectivity index (χ0n) is 16.5. The van der Waals surface area contributed by atoms with Crippen LogP contribution in [-0.4, -0.2) is 91.9 Å². The second kappa shape index (κ2) is 13.8. The normalized spacial score (nSPS) is 14.2. The maximum atomic E-state index is 12.5. The van der Waals surface area contributed by atoms with Crippen molar-refractivity contribution < 1.29 is 54.0 Å². The summed E-state index contributed by atoms with van der Waals surface area (Å²) in [5.74, 6) is -9.56. The minimum absolute atomic E-state index is 0.128. The summed E-state index contributed by atoms with van der Waals surface area (Å²) >= 11 is 3.80. The topological polar surface area (TPSA) is 263 Å². The number of carbonyl (C=O) groups excluding carboxylic acids is 3. The fraction of sp³-hybridized carbons (Fsp3) is 0.562. The molecule has 4 atom stereocenters. The SMILES string of the molecule is NC(CS)C(=O)NC(CC(=O)O)C(=O)NC(CCC(=O)O)C(=O)NC(CC(=O)O)C(=O)O. The van der Waals surface area contributed by atoms with Gasteiger partial charge in [0, 0.05) is 12.2 Å². The van der Waals surface area contributed by atoms with Gasteiger partial charge in [-0.3, -0.25) is 28.8 Å². The number of hydrogen-bond acceptors (Lipinski definition) is 9. The highest BCUT2D eigenvalue weighted by Crippen LogP contribution is 2.04. The zero-order chi connectivity index (χ0) is 25.0. The van der Waals surface area contributed by atoms with Crippen molar-refractivity contribution in [1.29, 1.82) is 0 Å². The van der Waals surface area contributed by atoms with Gasteiger partial charge in [-0.1, -0.05) is 0 Å². The van der Waals surface area contributed by atoms with Gasteiger partial charge in [0.2, 0.25) is 17.7 Å². The molecule has 15 nitrogen and oxygen atoms in total. The summed E-state index contributed by atoms with van der Waals surface area (Å²) in [5.41, 5.74) is 5.45. The van der Waals surface area contributed by atoms with E-state index in [9.17, 15) is 33.6 Å². The number of thiol groups is 1. The highest BCUT2D eigenvalue weighted by Gasteiger charge is 2.32. The standard InChI is InChI=1S/C16H24N4O11S/c17-6(5-32)13(27)19-8(3-11(23)24)15(29)18-7(1-2-10(21)22)14(28)20-9(16(30)31)4-12(25)26/h6-9,32H,1-5,17H2,(H,18,29)(H,19,27)(H,20,28)(H,21,22)(H,23,24)(H,25,26)(H,30,31). The van der Waals surface area contributed by atoms with Crippen LogP contribution < -0.4 is 21.7 Å². The van der Waals surface area contributed by atoms with Crippen molar-refractivity contribution in [3.05, 3.63) is 0 Å². The van der Waals surface area contributed by atoms with Crippen LogP contribution in [0.5, 0.6) is 0 Å². The van der Waals surface area contributed by atoms with Crippen molar-refractivity contribution in [3.8, 4) is 0 Å². The lowest BCUT2D eigenvalue weighted by molar-refractivity contribution is -0.147. The first kappa shape index (κ1) is 28.6. The highest BCUT2D eigenvalue weighted by molar-refractivity contribution is 7.80. The predicted octanol–water partition coefficient (Wildman–Crippen LogP) is -3.40. The Balaban J connectivity index is 5.58. The Morgan fingerprint density at radius 2 is 1.12 bits per heavy atom. The summed E-state index contributed by atoms with van der Waals surface area (Å²) in [5, 5.41) is 41.5. The highest BCUT2D eigenvalue weighted by atomic mass is 32.1. The van der Waals surface area contributed by atoms with Crippen molar-refractivity contribution in [1.82, 2.24) is 16.0 Å². The van der Waals surface area contributed by atoms with Gasteiger partial charge in [-0.2, -0.15) is 12.6 Å². The number of nitrogens with one attached hydrogen (secondary N) is 3. The molecule has 0 aromatic rings. The van der Waals surface area contributed by atoms with E-state index < -0.39 is 91.4 Å². The lowest BCUT2D eigenvalue weighted by Gasteiger charge is -2.24. The molecule has 0 aliphatic rings. The van der Waals surface area contributed by atoms with Gasteiger partial charge in [0.1, 0.15) is 18.1 Å². The van der Waals surface area contributed by atoms with Crippen LogP contribution in [0.15, 0.2) is 0 Å². The average molecular weight is 480 g/mol. The van der Waals surface area contributed by atoms with E-state index in [1.807, 2.05) is 10.6 Å². The Labute approximate surface area is 186 Å². The Kier molecular flexibility index (Phi) is 12.3. The molecule has 3 amide bonds. The molecule has 0 fully saturated rings. The smallest absolute Gasteiger partial charge is 0.326 e. The molecular weight excluding hydrogens is 456 g/mol. The predicted molar refractivity (Wildman–Crippen MR) is 107 cm³/mol. The Hall–Kier alpha value is -3.40. The third kappa shape index (κ3) is 11.1. The van der Waals surface area contributed by atoms with Crippen LogP contribution in [0.2, 0.25) is 0 Å². The fourth-order valence-electron chi connectivity index (χ4n) is 2.20. The Morgan fingerprint density at radius 3 is 1.56 bits per heavy atom. The molecule has 0 saturated heterocycles. The Morgan fingerprint density at radius 1 is 0.688 bits per heavy atom. The first-order valence-electron chi connectivity index (χ1n) is 8.94. The van der Waals surface area contributed by atoms with E-state index in [1.165, 1.54) is 0 Å². The lowest BCUT2D eigenvalue weighted by atomic mass is 10.1. The number of nitrogens with two attached hydrogens (primary N) is 1. The molecule has 0 heterocycles. The number of rotatable bonds is 15. The van der Waals surface area contributed by atoms with E-state index >= 15 is 0 Å². The lowest BCUT2D eigenvalue weighted by Crippen LogP contribution is -2.57. The van der Waals surface area contributed by atoms with Crippen LogP contribution in [0, 0.1) is 0 Å². The molecule has 0 radical (unpaired) electrons. The van der Waals surface area contributed by atoms with E-state index in [1.54, 1.807) is 0 Å².